The largest absolute Gasteiger partial charge is 0.374 e. The summed E-state index contributed by atoms with van der Waals surface area (Å²) in [6.45, 7) is 23.0. The van der Waals surface area contributed by atoms with Gasteiger partial charge in [-0.1, -0.05) is 27.4 Å². The molecule has 1 aromatic rings. The van der Waals surface area contributed by atoms with Crippen molar-refractivity contribution in [1.82, 2.24) is 4.90 Å². The van der Waals surface area contributed by atoms with Gasteiger partial charge < -0.3 is 4.90 Å². The Labute approximate surface area is 125 Å². The molecule has 112 valence electrons. The molecule has 0 aliphatic carbocycles. The third-order valence-corrected chi connectivity index (χ3v) is 4.61. The van der Waals surface area contributed by atoms with Crippen LogP contribution in [0, 0.1) is 27.7 Å². The molecule has 0 spiro atoms. The zero-order valence-corrected chi connectivity index (χ0v) is 14.9. The number of nitrogens with zero attached hydrogens (tertiary/aromatic N) is 1. The molecule has 0 radical (unpaired) electrons. The SMILES string of the molecule is C=C(C)N(C)Cc1c(C)c(C)c(C)c(C)c1C(C)(C)C. The van der Waals surface area contributed by atoms with Crippen LogP contribution in [-0.4, -0.2) is 11.9 Å². The molecule has 1 heteroatoms. The van der Waals surface area contributed by atoms with Crippen LogP contribution in [-0.2, 0) is 12.0 Å². The van der Waals surface area contributed by atoms with E-state index in [4.69, 9.17) is 0 Å². The molecule has 20 heavy (non-hydrogen) atoms. The van der Waals surface area contributed by atoms with Crippen molar-refractivity contribution in [3.05, 3.63) is 45.7 Å². The van der Waals surface area contributed by atoms with Crippen LogP contribution < -0.4 is 0 Å². The average molecular weight is 273 g/mol. The molecule has 0 aliphatic heterocycles. The van der Waals surface area contributed by atoms with Crippen LogP contribution in [0.1, 0.15) is 61.1 Å². The third kappa shape index (κ3) is 3.08. The van der Waals surface area contributed by atoms with E-state index in [2.05, 4.69) is 73.9 Å². The third-order valence-electron chi connectivity index (χ3n) is 4.61. The van der Waals surface area contributed by atoms with E-state index in [-0.39, 0.29) is 5.41 Å². The van der Waals surface area contributed by atoms with E-state index in [1.54, 1.807) is 0 Å². The zero-order valence-electron chi connectivity index (χ0n) is 14.9. The van der Waals surface area contributed by atoms with E-state index >= 15 is 0 Å². The Morgan fingerprint density at radius 3 is 1.80 bits per heavy atom. The molecule has 0 bridgehead atoms. The van der Waals surface area contributed by atoms with Crippen molar-refractivity contribution in [2.24, 2.45) is 0 Å². The summed E-state index contributed by atoms with van der Waals surface area (Å²) in [5.74, 6) is 0. The second kappa shape index (κ2) is 5.63. The second-order valence-corrected chi connectivity index (χ2v) is 7.19. The fourth-order valence-corrected chi connectivity index (χ4v) is 2.98. The van der Waals surface area contributed by atoms with Crippen LogP contribution in [0.4, 0.5) is 0 Å². The van der Waals surface area contributed by atoms with Gasteiger partial charge in [-0.25, -0.2) is 0 Å². The van der Waals surface area contributed by atoms with Crippen molar-refractivity contribution in [1.29, 1.82) is 0 Å². The van der Waals surface area contributed by atoms with Crippen molar-refractivity contribution in [2.75, 3.05) is 7.05 Å². The molecule has 0 amide bonds. The highest BCUT2D eigenvalue weighted by Crippen LogP contribution is 2.36. The maximum Gasteiger partial charge on any atom is 0.0428 e. The van der Waals surface area contributed by atoms with Crippen LogP contribution >= 0.6 is 0 Å². The van der Waals surface area contributed by atoms with E-state index < -0.39 is 0 Å². The summed E-state index contributed by atoms with van der Waals surface area (Å²) < 4.78 is 0. The standard InChI is InChI=1S/C19H31N/c1-12(2)20(10)11-17-15(5)13(3)14(4)16(6)18(17)19(7,8)9/h1,11H2,2-10H3. The number of hydrogen-bond donors (Lipinski definition) is 0. The smallest absolute Gasteiger partial charge is 0.0428 e. The minimum atomic E-state index is 0.165. The van der Waals surface area contributed by atoms with Crippen LogP contribution in [0.5, 0.6) is 0 Å². The van der Waals surface area contributed by atoms with Gasteiger partial charge in [0.1, 0.15) is 0 Å². The number of allylic oxidation sites excluding steroid dienone is 1. The summed E-state index contributed by atoms with van der Waals surface area (Å²) in [6, 6.07) is 0. The summed E-state index contributed by atoms with van der Waals surface area (Å²) in [7, 11) is 2.12. The lowest BCUT2D eigenvalue weighted by molar-refractivity contribution is 0.406. The first kappa shape index (κ1) is 16.8. The summed E-state index contributed by atoms with van der Waals surface area (Å²) >= 11 is 0. The lowest BCUT2D eigenvalue weighted by Gasteiger charge is -2.32. The van der Waals surface area contributed by atoms with Gasteiger partial charge in [-0.15, -0.1) is 0 Å². The molecule has 0 unspecified atom stereocenters. The van der Waals surface area contributed by atoms with Crippen LogP contribution in [0.2, 0.25) is 0 Å². The fraction of sp³-hybridized carbons (Fsp3) is 0.579. The van der Waals surface area contributed by atoms with E-state index in [9.17, 15) is 0 Å². The second-order valence-electron chi connectivity index (χ2n) is 7.19. The maximum atomic E-state index is 4.06. The highest BCUT2D eigenvalue weighted by molar-refractivity contribution is 5.52. The van der Waals surface area contributed by atoms with Crippen LogP contribution in [0.15, 0.2) is 12.3 Å². The molecule has 1 aromatic carbocycles. The predicted octanol–water partition coefficient (Wildman–Crippen LogP) is 5.18. The lowest BCUT2D eigenvalue weighted by Crippen LogP contribution is -2.24. The van der Waals surface area contributed by atoms with Crippen LogP contribution in [0.3, 0.4) is 0 Å². The van der Waals surface area contributed by atoms with Crippen molar-refractivity contribution in [3.8, 4) is 0 Å². The first-order valence-electron chi connectivity index (χ1n) is 7.44. The van der Waals surface area contributed by atoms with Crippen molar-refractivity contribution < 1.29 is 0 Å². The molecule has 1 nitrogen and oxygen atoms in total. The first-order valence-corrected chi connectivity index (χ1v) is 7.44. The summed E-state index contributed by atoms with van der Waals surface area (Å²) in [5.41, 5.74) is 10.0. The Balaban J connectivity index is 3.59. The lowest BCUT2D eigenvalue weighted by atomic mass is 9.76. The first-order chi connectivity index (χ1) is 8.98. The Morgan fingerprint density at radius 1 is 0.950 bits per heavy atom. The molecule has 0 saturated carbocycles. The molecular weight excluding hydrogens is 242 g/mol. The molecule has 0 fully saturated rings. The highest BCUT2D eigenvalue weighted by Gasteiger charge is 2.25. The molecule has 0 heterocycles. The molecule has 0 atom stereocenters. The molecule has 0 saturated heterocycles. The molecule has 1 rings (SSSR count). The minimum Gasteiger partial charge on any atom is -0.374 e. The van der Waals surface area contributed by atoms with E-state index in [0.29, 0.717) is 0 Å². The van der Waals surface area contributed by atoms with Crippen molar-refractivity contribution in [3.63, 3.8) is 0 Å². The van der Waals surface area contributed by atoms with Gasteiger partial charge in [-0.05, 0) is 73.4 Å². The Bertz CT molecular complexity index is 530. The van der Waals surface area contributed by atoms with Gasteiger partial charge in [0, 0.05) is 19.3 Å². The minimum absolute atomic E-state index is 0.165. The fourth-order valence-electron chi connectivity index (χ4n) is 2.98. The molecule has 0 N–H and O–H groups in total. The maximum absolute atomic E-state index is 4.06. The van der Waals surface area contributed by atoms with E-state index in [1.165, 1.54) is 33.4 Å². The Morgan fingerprint density at radius 2 is 1.40 bits per heavy atom. The quantitative estimate of drug-likeness (QED) is 0.733. The van der Waals surface area contributed by atoms with Gasteiger partial charge in [0.15, 0.2) is 0 Å². The van der Waals surface area contributed by atoms with Gasteiger partial charge in [-0.3, -0.25) is 0 Å². The van der Waals surface area contributed by atoms with Gasteiger partial charge in [-0.2, -0.15) is 0 Å². The summed E-state index contributed by atoms with van der Waals surface area (Å²) in [5, 5.41) is 0. The Kier molecular flexibility index (Phi) is 4.74. The highest BCUT2D eigenvalue weighted by atomic mass is 15.1. The van der Waals surface area contributed by atoms with Gasteiger partial charge >= 0.3 is 0 Å². The van der Waals surface area contributed by atoms with Crippen molar-refractivity contribution >= 4 is 0 Å². The molecule has 0 aromatic heterocycles. The molecule has 0 aliphatic rings. The van der Waals surface area contributed by atoms with E-state index in [1.807, 2.05) is 0 Å². The van der Waals surface area contributed by atoms with Gasteiger partial charge in [0.05, 0.1) is 0 Å². The van der Waals surface area contributed by atoms with Crippen LogP contribution in [0.25, 0.3) is 0 Å². The normalized spacial score (nSPS) is 11.7. The zero-order chi connectivity index (χ0) is 15.8. The predicted molar refractivity (Wildman–Crippen MR) is 90.4 cm³/mol. The Hall–Kier alpha value is -1.24. The van der Waals surface area contributed by atoms with E-state index in [0.717, 1.165) is 12.2 Å². The number of benzene rings is 1. The topological polar surface area (TPSA) is 3.24 Å². The molecular formula is C19H31N. The summed E-state index contributed by atoms with van der Waals surface area (Å²) in [6.07, 6.45) is 0. The van der Waals surface area contributed by atoms with Crippen molar-refractivity contribution in [2.45, 2.75) is 67.3 Å². The van der Waals surface area contributed by atoms with Gasteiger partial charge in [0.2, 0.25) is 0 Å². The number of rotatable bonds is 3. The monoisotopic (exact) mass is 273 g/mol. The van der Waals surface area contributed by atoms with Gasteiger partial charge in [0.25, 0.3) is 0 Å². The average Bonchev–Trinajstić information content (AvgIpc) is 2.31. The number of hydrogen-bond acceptors (Lipinski definition) is 1. The summed E-state index contributed by atoms with van der Waals surface area (Å²) in [4.78, 5) is 2.24.